The summed E-state index contributed by atoms with van der Waals surface area (Å²) < 4.78 is 5.19. The van der Waals surface area contributed by atoms with Gasteiger partial charge in [-0.05, 0) is 75.3 Å². The molecule has 22 heavy (non-hydrogen) atoms. The first-order valence-corrected chi connectivity index (χ1v) is 8.61. The van der Waals surface area contributed by atoms with Gasteiger partial charge in [0.05, 0.1) is 7.11 Å². The fourth-order valence-electron chi connectivity index (χ4n) is 3.43. The summed E-state index contributed by atoms with van der Waals surface area (Å²) >= 11 is 5.64. The topological polar surface area (TPSA) is 27.7 Å². The lowest BCUT2D eigenvalue weighted by Gasteiger charge is -2.30. The van der Waals surface area contributed by atoms with Gasteiger partial charge in [0, 0.05) is 24.8 Å². The molecule has 2 heterocycles. The van der Waals surface area contributed by atoms with E-state index in [1.54, 1.807) is 7.11 Å². The van der Waals surface area contributed by atoms with E-state index in [9.17, 15) is 0 Å². The molecule has 0 radical (unpaired) electrons. The molecule has 1 N–H and O–H groups in total. The molecule has 2 aliphatic heterocycles. The van der Waals surface area contributed by atoms with Gasteiger partial charge in [-0.3, -0.25) is 0 Å². The molecule has 1 aromatic carbocycles. The molecule has 2 fully saturated rings. The molecular formula is C17H25N3OS. The first-order chi connectivity index (χ1) is 10.8. The zero-order chi connectivity index (χ0) is 15.4. The highest BCUT2D eigenvalue weighted by molar-refractivity contribution is 7.80. The number of likely N-dealkylation sites (tertiary alicyclic amines) is 2. The van der Waals surface area contributed by atoms with Crippen LogP contribution in [0.2, 0.25) is 0 Å². The van der Waals surface area contributed by atoms with Gasteiger partial charge in [-0.15, -0.1) is 0 Å². The minimum absolute atomic E-state index is 0.566. The number of anilines is 1. The molecule has 0 unspecified atom stereocenters. The van der Waals surface area contributed by atoms with Gasteiger partial charge in [-0.25, -0.2) is 0 Å². The number of benzene rings is 1. The van der Waals surface area contributed by atoms with E-state index in [1.165, 1.54) is 38.8 Å². The molecule has 2 saturated heterocycles. The highest BCUT2D eigenvalue weighted by atomic mass is 32.1. The summed E-state index contributed by atoms with van der Waals surface area (Å²) in [5, 5.41) is 4.23. The van der Waals surface area contributed by atoms with Crippen molar-refractivity contribution < 1.29 is 4.74 Å². The second kappa shape index (κ2) is 7.29. The van der Waals surface area contributed by atoms with Crippen molar-refractivity contribution in [1.82, 2.24) is 9.80 Å². The van der Waals surface area contributed by atoms with Gasteiger partial charge in [-0.1, -0.05) is 0 Å². The zero-order valence-electron chi connectivity index (χ0n) is 13.3. The van der Waals surface area contributed by atoms with Crippen LogP contribution in [0, 0.1) is 0 Å². The number of hydrogen-bond donors (Lipinski definition) is 1. The predicted molar refractivity (Wildman–Crippen MR) is 94.6 cm³/mol. The van der Waals surface area contributed by atoms with Gasteiger partial charge in [0.25, 0.3) is 0 Å². The van der Waals surface area contributed by atoms with Gasteiger partial charge in [0.15, 0.2) is 5.11 Å². The fraction of sp³-hybridized carbons (Fsp3) is 0.588. The summed E-state index contributed by atoms with van der Waals surface area (Å²) in [6.07, 6.45) is 5.19. The maximum Gasteiger partial charge on any atom is 0.173 e. The molecule has 1 atom stereocenters. The van der Waals surface area contributed by atoms with Crippen molar-refractivity contribution in [3.05, 3.63) is 24.3 Å². The maximum absolute atomic E-state index is 5.64. The van der Waals surface area contributed by atoms with Gasteiger partial charge in [-0.2, -0.15) is 0 Å². The second-order valence-corrected chi connectivity index (χ2v) is 6.54. The van der Waals surface area contributed by atoms with E-state index >= 15 is 0 Å². The molecule has 1 aromatic rings. The summed E-state index contributed by atoms with van der Waals surface area (Å²) in [6.45, 7) is 4.73. The fourth-order valence-corrected chi connectivity index (χ4v) is 3.78. The third kappa shape index (κ3) is 3.70. The van der Waals surface area contributed by atoms with Crippen LogP contribution in [0.15, 0.2) is 24.3 Å². The van der Waals surface area contributed by atoms with Gasteiger partial charge < -0.3 is 19.9 Å². The van der Waals surface area contributed by atoms with Crippen molar-refractivity contribution in [2.75, 3.05) is 38.6 Å². The molecular weight excluding hydrogens is 294 g/mol. The summed E-state index contributed by atoms with van der Waals surface area (Å²) in [6, 6.07) is 8.50. The molecule has 0 aliphatic carbocycles. The van der Waals surface area contributed by atoms with Gasteiger partial charge >= 0.3 is 0 Å². The molecule has 120 valence electrons. The number of methoxy groups -OCH3 is 1. The predicted octanol–water partition coefficient (Wildman–Crippen LogP) is 2.95. The number of nitrogens with one attached hydrogen (secondary N) is 1. The molecule has 5 heteroatoms. The summed E-state index contributed by atoms with van der Waals surface area (Å²) in [5.41, 5.74) is 1.03. The van der Waals surface area contributed by atoms with Crippen LogP contribution < -0.4 is 10.1 Å². The molecule has 0 amide bonds. The van der Waals surface area contributed by atoms with E-state index in [4.69, 9.17) is 17.0 Å². The second-order valence-electron chi connectivity index (χ2n) is 6.16. The highest BCUT2D eigenvalue weighted by Gasteiger charge is 2.29. The van der Waals surface area contributed by atoms with Crippen LogP contribution in [0.25, 0.3) is 0 Å². The SMILES string of the molecule is COc1ccc(NC(=S)N2CCC[C@H]2CN2CCCC2)cc1. The Labute approximate surface area is 138 Å². The Morgan fingerprint density at radius 3 is 2.59 bits per heavy atom. The molecule has 0 bridgehead atoms. The van der Waals surface area contributed by atoms with E-state index in [-0.39, 0.29) is 0 Å². The molecule has 0 aromatic heterocycles. The summed E-state index contributed by atoms with van der Waals surface area (Å²) in [7, 11) is 1.68. The summed E-state index contributed by atoms with van der Waals surface area (Å²) in [4.78, 5) is 4.96. The van der Waals surface area contributed by atoms with Crippen molar-refractivity contribution in [3.63, 3.8) is 0 Å². The number of hydrogen-bond acceptors (Lipinski definition) is 3. The molecule has 0 spiro atoms. The van der Waals surface area contributed by atoms with Gasteiger partial charge in [0.1, 0.15) is 5.75 Å². The normalized spacial score (nSPS) is 22.0. The minimum Gasteiger partial charge on any atom is -0.497 e. The lowest BCUT2D eigenvalue weighted by molar-refractivity contribution is 0.254. The Morgan fingerprint density at radius 2 is 1.91 bits per heavy atom. The number of rotatable bonds is 4. The Balaban J connectivity index is 1.57. The smallest absolute Gasteiger partial charge is 0.173 e. The first kappa shape index (κ1) is 15.6. The molecule has 2 aliphatic rings. The lowest BCUT2D eigenvalue weighted by atomic mass is 10.2. The maximum atomic E-state index is 5.64. The average Bonchev–Trinajstić information content (AvgIpc) is 3.20. The monoisotopic (exact) mass is 319 g/mol. The third-order valence-electron chi connectivity index (χ3n) is 4.65. The van der Waals surface area contributed by atoms with Crippen molar-refractivity contribution in [2.45, 2.75) is 31.7 Å². The molecule has 0 saturated carbocycles. The van der Waals surface area contributed by atoms with Crippen LogP contribution in [0.3, 0.4) is 0 Å². The van der Waals surface area contributed by atoms with Crippen LogP contribution in [-0.2, 0) is 0 Å². The number of nitrogens with zero attached hydrogens (tertiary/aromatic N) is 2. The van der Waals surface area contributed by atoms with E-state index in [1.807, 2.05) is 24.3 Å². The molecule has 4 nitrogen and oxygen atoms in total. The Kier molecular flexibility index (Phi) is 5.16. The van der Waals surface area contributed by atoms with E-state index in [2.05, 4.69) is 15.1 Å². The Morgan fingerprint density at radius 1 is 1.18 bits per heavy atom. The molecule has 3 rings (SSSR count). The zero-order valence-corrected chi connectivity index (χ0v) is 14.1. The third-order valence-corrected chi connectivity index (χ3v) is 4.98. The van der Waals surface area contributed by atoms with Crippen LogP contribution >= 0.6 is 12.2 Å². The van der Waals surface area contributed by atoms with Crippen molar-refractivity contribution in [2.24, 2.45) is 0 Å². The van der Waals surface area contributed by atoms with Crippen molar-refractivity contribution in [3.8, 4) is 5.75 Å². The van der Waals surface area contributed by atoms with Crippen LogP contribution in [0.1, 0.15) is 25.7 Å². The highest BCUT2D eigenvalue weighted by Crippen LogP contribution is 2.22. The van der Waals surface area contributed by atoms with E-state index < -0.39 is 0 Å². The van der Waals surface area contributed by atoms with Gasteiger partial charge in [0.2, 0.25) is 0 Å². The Bertz CT molecular complexity index is 499. The standard InChI is InChI=1S/C17H25N3OS/c1-21-16-8-6-14(7-9-16)18-17(22)20-12-4-5-15(20)13-19-10-2-3-11-19/h6-9,15H,2-5,10-13H2,1H3,(H,18,22)/t15-/m0/s1. The lowest BCUT2D eigenvalue weighted by Crippen LogP contribution is -2.44. The van der Waals surface area contributed by atoms with E-state index in [0.29, 0.717) is 6.04 Å². The average molecular weight is 319 g/mol. The van der Waals surface area contributed by atoms with Crippen LogP contribution in [0.4, 0.5) is 5.69 Å². The minimum atomic E-state index is 0.566. The van der Waals surface area contributed by atoms with Crippen LogP contribution in [-0.4, -0.2) is 54.2 Å². The number of ether oxygens (including phenoxy) is 1. The number of thiocarbonyl (C=S) groups is 1. The summed E-state index contributed by atoms with van der Waals surface area (Å²) in [5.74, 6) is 0.865. The van der Waals surface area contributed by atoms with Crippen molar-refractivity contribution in [1.29, 1.82) is 0 Å². The first-order valence-electron chi connectivity index (χ1n) is 8.20. The van der Waals surface area contributed by atoms with Crippen LogP contribution in [0.5, 0.6) is 5.75 Å². The largest absolute Gasteiger partial charge is 0.497 e. The van der Waals surface area contributed by atoms with Crippen molar-refractivity contribution >= 4 is 23.0 Å². The van der Waals surface area contributed by atoms with E-state index in [0.717, 1.165) is 29.6 Å². The Hall–Kier alpha value is -1.33. The quantitative estimate of drug-likeness (QED) is 0.862.